The fourth-order valence-electron chi connectivity index (χ4n) is 4.23. The van der Waals surface area contributed by atoms with Gasteiger partial charge >= 0.3 is 0 Å². The first kappa shape index (κ1) is 22.1. The molecular formula is C25H30FN5O. The van der Waals surface area contributed by atoms with Crippen LogP contribution >= 0.6 is 0 Å². The minimum atomic E-state index is -0.292. The Kier molecular flexibility index (Phi) is 6.11. The number of aryl methyl sites for hydroxylation is 1. The highest BCUT2D eigenvalue weighted by molar-refractivity contribution is 5.82. The summed E-state index contributed by atoms with van der Waals surface area (Å²) in [4.78, 5) is 26.5. The molecule has 6 nitrogen and oxygen atoms in total. The van der Waals surface area contributed by atoms with Crippen LogP contribution < -0.4 is 0 Å². The van der Waals surface area contributed by atoms with Crippen molar-refractivity contribution in [1.82, 2.24) is 24.3 Å². The van der Waals surface area contributed by atoms with E-state index in [1.165, 1.54) is 12.1 Å². The van der Waals surface area contributed by atoms with Gasteiger partial charge in [0.1, 0.15) is 18.2 Å². The van der Waals surface area contributed by atoms with Crippen molar-refractivity contribution >= 4 is 5.91 Å². The van der Waals surface area contributed by atoms with E-state index in [1.54, 1.807) is 24.5 Å². The molecule has 1 saturated heterocycles. The molecule has 1 aliphatic rings. The fraction of sp³-hybridized carbons (Fsp3) is 0.400. The number of piperazine rings is 1. The van der Waals surface area contributed by atoms with Gasteiger partial charge in [-0.15, -0.1) is 0 Å². The molecule has 0 aliphatic carbocycles. The van der Waals surface area contributed by atoms with E-state index in [4.69, 9.17) is 4.98 Å². The maximum Gasteiger partial charge on any atom is 0.242 e. The van der Waals surface area contributed by atoms with Crippen molar-refractivity contribution in [3.63, 3.8) is 0 Å². The first-order valence-corrected chi connectivity index (χ1v) is 11.0. The van der Waals surface area contributed by atoms with Crippen LogP contribution in [-0.2, 0) is 11.3 Å². The van der Waals surface area contributed by atoms with Crippen LogP contribution in [-0.4, -0.2) is 62.0 Å². The van der Waals surface area contributed by atoms with Crippen LogP contribution in [0.4, 0.5) is 4.39 Å². The highest BCUT2D eigenvalue weighted by atomic mass is 19.1. The van der Waals surface area contributed by atoms with E-state index >= 15 is 0 Å². The predicted octanol–water partition coefficient (Wildman–Crippen LogP) is 4.00. The molecule has 0 unspecified atom stereocenters. The SMILES string of the molecule is Cc1nc(-c2ccc(F)cc2)c(-c2ccncc2)n1CC(=O)N1CCN(C(C)(C)C)CC1. The molecule has 168 valence electrons. The number of aromatic nitrogens is 3. The number of halogens is 1. The summed E-state index contributed by atoms with van der Waals surface area (Å²) in [6, 6.07) is 10.1. The second-order valence-corrected chi connectivity index (χ2v) is 9.22. The highest BCUT2D eigenvalue weighted by Crippen LogP contribution is 2.33. The number of hydrogen-bond acceptors (Lipinski definition) is 4. The lowest BCUT2D eigenvalue weighted by Crippen LogP contribution is -2.55. The second kappa shape index (κ2) is 8.82. The Labute approximate surface area is 188 Å². The summed E-state index contributed by atoms with van der Waals surface area (Å²) in [5.74, 6) is 0.540. The molecule has 4 rings (SSSR count). The molecule has 1 aromatic carbocycles. The molecule has 0 saturated carbocycles. The van der Waals surface area contributed by atoms with Gasteiger partial charge in [-0.2, -0.15) is 0 Å². The number of imidazole rings is 1. The van der Waals surface area contributed by atoms with Gasteiger partial charge in [-0.3, -0.25) is 14.7 Å². The molecule has 3 aromatic rings. The van der Waals surface area contributed by atoms with E-state index in [9.17, 15) is 9.18 Å². The van der Waals surface area contributed by atoms with Crippen LogP contribution in [0, 0.1) is 12.7 Å². The number of rotatable bonds is 4. The maximum atomic E-state index is 13.5. The van der Waals surface area contributed by atoms with E-state index < -0.39 is 0 Å². The van der Waals surface area contributed by atoms with Gasteiger partial charge in [-0.1, -0.05) is 0 Å². The molecule has 1 aliphatic heterocycles. The first-order valence-electron chi connectivity index (χ1n) is 11.0. The van der Waals surface area contributed by atoms with Crippen molar-refractivity contribution in [1.29, 1.82) is 0 Å². The van der Waals surface area contributed by atoms with E-state index in [0.29, 0.717) is 0 Å². The zero-order valence-corrected chi connectivity index (χ0v) is 19.2. The molecule has 0 N–H and O–H groups in total. The third kappa shape index (κ3) is 4.58. The number of amides is 1. The van der Waals surface area contributed by atoms with Gasteiger partial charge in [0.25, 0.3) is 0 Å². The van der Waals surface area contributed by atoms with Gasteiger partial charge < -0.3 is 9.47 Å². The largest absolute Gasteiger partial charge is 0.339 e. The molecule has 0 bridgehead atoms. The molecule has 3 heterocycles. The Morgan fingerprint density at radius 2 is 1.59 bits per heavy atom. The lowest BCUT2D eigenvalue weighted by Gasteiger charge is -2.42. The minimum Gasteiger partial charge on any atom is -0.339 e. The van der Waals surface area contributed by atoms with Crippen LogP contribution in [0.1, 0.15) is 26.6 Å². The van der Waals surface area contributed by atoms with Gasteiger partial charge in [0, 0.05) is 55.2 Å². The van der Waals surface area contributed by atoms with Gasteiger partial charge in [0.15, 0.2) is 0 Å². The van der Waals surface area contributed by atoms with Crippen LogP contribution in [0.15, 0.2) is 48.8 Å². The van der Waals surface area contributed by atoms with Gasteiger partial charge in [0.2, 0.25) is 5.91 Å². The Bertz CT molecular complexity index is 1080. The second-order valence-electron chi connectivity index (χ2n) is 9.22. The van der Waals surface area contributed by atoms with Crippen molar-refractivity contribution in [2.45, 2.75) is 39.8 Å². The van der Waals surface area contributed by atoms with Crippen molar-refractivity contribution < 1.29 is 9.18 Å². The molecule has 1 fully saturated rings. The normalized spacial score (nSPS) is 15.2. The van der Waals surface area contributed by atoms with Crippen LogP contribution in [0.25, 0.3) is 22.5 Å². The quantitative estimate of drug-likeness (QED) is 0.622. The number of carbonyl (C=O) groups is 1. The summed E-state index contributed by atoms with van der Waals surface area (Å²) < 4.78 is 15.5. The highest BCUT2D eigenvalue weighted by Gasteiger charge is 2.29. The Morgan fingerprint density at radius 1 is 0.969 bits per heavy atom. The summed E-state index contributed by atoms with van der Waals surface area (Å²) in [6.45, 7) is 11.9. The Morgan fingerprint density at radius 3 is 2.19 bits per heavy atom. The molecule has 0 radical (unpaired) electrons. The van der Waals surface area contributed by atoms with Gasteiger partial charge in [0.05, 0.1) is 11.4 Å². The number of benzene rings is 1. The summed E-state index contributed by atoms with van der Waals surface area (Å²) in [6.07, 6.45) is 3.45. The smallest absolute Gasteiger partial charge is 0.242 e. The number of hydrogen-bond donors (Lipinski definition) is 0. The van der Waals surface area contributed by atoms with E-state index in [0.717, 1.165) is 54.5 Å². The minimum absolute atomic E-state index is 0.0834. The molecule has 0 atom stereocenters. The summed E-state index contributed by atoms with van der Waals surface area (Å²) in [7, 11) is 0. The lowest BCUT2D eigenvalue weighted by molar-refractivity contribution is -0.134. The molecule has 2 aromatic heterocycles. The Balaban J connectivity index is 1.64. The van der Waals surface area contributed by atoms with E-state index in [-0.39, 0.29) is 23.8 Å². The zero-order chi connectivity index (χ0) is 22.9. The van der Waals surface area contributed by atoms with Gasteiger partial charge in [-0.05, 0) is 64.1 Å². The van der Waals surface area contributed by atoms with Crippen molar-refractivity contribution in [2.75, 3.05) is 26.2 Å². The summed E-state index contributed by atoms with van der Waals surface area (Å²) in [5.41, 5.74) is 3.42. The number of nitrogens with zero attached hydrogens (tertiary/aromatic N) is 5. The van der Waals surface area contributed by atoms with Gasteiger partial charge in [-0.25, -0.2) is 9.37 Å². The summed E-state index contributed by atoms with van der Waals surface area (Å²) >= 11 is 0. The monoisotopic (exact) mass is 435 g/mol. The Hall–Kier alpha value is -3.06. The van der Waals surface area contributed by atoms with Crippen LogP contribution in [0.2, 0.25) is 0 Å². The topological polar surface area (TPSA) is 54.3 Å². The third-order valence-electron chi connectivity index (χ3n) is 6.10. The average Bonchev–Trinajstić information content (AvgIpc) is 3.10. The molecular weight excluding hydrogens is 405 g/mol. The van der Waals surface area contributed by atoms with Crippen molar-refractivity contribution in [2.24, 2.45) is 0 Å². The van der Waals surface area contributed by atoms with Crippen molar-refractivity contribution in [3.8, 4) is 22.5 Å². The third-order valence-corrected chi connectivity index (χ3v) is 6.10. The molecule has 1 amide bonds. The molecule has 0 spiro atoms. The lowest BCUT2D eigenvalue weighted by atomic mass is 10.0. The molecule has 32 heavy (non-hydrogen) atoms. The average molecular weight is 436 g/mol. The van der Waals surface area contributed by atoms with Crippen molar-refractivity contribution in [3.05, 3.63) is 60.4 Å². The van der Waals surface area contributed by atoms with Crippen LogP contribution in [0.3, 0.4) is 0 Å². The fourth-order valence-corrected chi connectivity index (χ4v) is 4.23. The van der Waals surface area contributed by atoms with E-state index in [1.807, 2.05) is 28.5 Å². The number of carbonyl (C=O) groups excluding carboxylic acids is 1. The first-order chi connectivity index (χ1) is 15.2. The standard InChI is InChI=1S/C25H30FN5O/c1-18-28-23(19-5-7-21(26)8-6-19)24(20-9-11-27-12-10-20)31(18)17-22(32)29-13-15-30(16-14-29)25(2,3)4/h5-12H,13-17H2,1-4H3. The molecule has 7 heteroatoms. The summed E-state index contributed by atoms with van der Waals surface area (Å²) in [5, 5.41) is 0. The van der Waals surface area contributed by atoms with Crippen LogP contribution in [0.5, 0.6) is 0 Å². The maximum absolute atomic E-state index is 13.5. The predicted molar refractivity (Wildman–Crippen MR) is 123 cm³/mol. The zero-order valence-electron chi connectivity index (χ0n) is 19.2. The van der Waals surface area contributed by atoms with E-state index in [2.05, 4.69) is 30.7 Å². The number of pyridine rings is 1.